The number of benzene rings is 1. The first kappa shape index (κ1) is 13.8. The maximum Gasteiger partial charge on any atom is 0.170 e. The SMILES string of the molecule is CC1CN(Cc2cccc(C(N)=NO)c2)CCN1C. The summed E-state index contributed by atoms with van der Waals surface area (Å²) < 4.78 is 0. The normalized spacial score (nSPS) is 22.6. The molecule has 0 amide bonds. The lowest BCUT2D eigenvalue weighted by atomic mass is 10.1. The number of piperazine rings is 1. The van der Waals surface area contributed by atoms with Crippen LogP contribution in [0.4, 0.5) is 0 Å². The van der Waals surface area contributed by atoms with Gasteiger partial charge in [0.2, 0.25) is 0 Å². The van der Waals surface area contributed by atoms with Crippen molar-refractivity contribution in [1.82, 2.24) is 9.80 Å². The fraction of sp³-hybridized carbons (Fsp3) is 0.500. The lowest BCUT2D eigenvalue weighted by molar-refractivity contribution is 0.1000. The molecule has 0 radical (unpaired) electrons. The van der Waals surface area contributed by atoms with Gasteiger partial charge in [0.25, 0.3) is 0 Å². The predicted octanol–water partition coefficient (Wildman–Crippen LogP) is 0.917. The maximum atomic E-state index is 8.71. The molecule has 104 valence electrons. The number of hydrogen-bond donors (Lipinski definition) is 2. The van der Waals surface area contributed by atoms with Crippen molar-refractivity contribution < 1.29 is 5.21 Å². The van der Waals surface area contributed by atoms with Gasteiger partial charge in [-0.15, -0.1) is 0 Å². The highest BCUT2D eigenvalue weighted by molar-refractivity contribution is 5.97. The van der Waals surface area contributed by atoms with Crippen molar-refractivity contribution in [2.45, 2.75) is 19.5 Å². The molecule has 1 saturated heterocycles. The standard InChI is InChI=1S/C14H22N4O/c1-11-9-18(7-6-17(11)2)10-12-4-3-5-13(8-12)14(15)16-19/h3-5,8,11,19H,6-7,9-10H2,1-2H3,(H2,15,16). The summed E-state index contributed by atoms with van der Waals surface area (Å²) in [5, 5.41) is 11.8. The summed E-state index contributed by atoms with van der Waals surface area (Å²) in [4.78, 5) is 4.82. The first-order valence-electron chi connectivity index (χ1n) is 6.59. The zero-order chi connectivity index (χ0) is 13.8. The van der Waals surface area contributed by atoms with Crippen molar-refractivity contribution in [3.63, 3.8) is 0 Å². The molecule has 19 heavy (non-hydrogen) atoms. The zero-order valence-corrected chi connectivity index (χ0v) is 11.6. The zero-order valence-electron chi connectivity index (χ0n) is 11.6. The molecule has 1 aromatic carbocycles. The minimum atomic E-state index is 0.161. The lowest BCUT2D eigenvalue weighted by Crippen LogP contribution is -2.49. The lowest BCUT2D eigenvalue weighted by Gasteiger charge is -2.37. The van der Waals surface area contributed by atoms with Crippen LogP contribution in [0, 0.1) is 0 Å². The number of amidine groups is 1. The van der Waals surface area contributed by atoms with E-state index in [1.807, 2.05) is 18.2 Å². The molecule has 0 aliphatic carbocycles. The van der Waals surface area contributed by atoms with E-state index in [1.54, 1.807) is 0 Å². The summed E-state index contributed by atoms with van der Waals surface area (Å²) in [5.74, 6) is 0.161. The highest BCUT2D eigenvalue weighted by Crippen LogP contribution is 2.13. The van der Waals surface area contributed by atoms with Crippen LogP contribution in [0.5, 0.6) is 0 Å². The van der Waals surface area contributed by atoms with Gasteiger partial charge in [0, 0.05) is 37.8 Å². The van der Waals surface area contributed by atoms with Gasteiger partial charge >= 0.3 is 0 Å². The van der Waals surface area contributed by atoms with Crippen LogP contribution in [-0.2, 0) is 6.54 Å². The Kier molecular flexibility index (Phi) is 4.39. The van der Waals surface area contributed by atoms with Crippen molar-refractivity contribution in [3.05, 3.63) is 35.4 Å². The number of rotatable bonds is 3. The molecule has 5 nitrogen and oxygen atoms in total. The fourth-order valence-corrected chi connectivity index (χ4v) is 2.41. The molecule has 1 fully saturated rings. The van der Waals surface area contributed by atoms with Crippen LogP contribution in [0.1, 0.15) is 18.1 Å². The van der Waals surface area contributed by atoms with Crippen LogP contribution < -0.4 is 5.73 Å². The summed E-state index contributed by atoms with van der Waals surface area (Å²) in [6.45, 7) is 6.41. The van der Waals surface area contributed by atoms with Gasteiger partial charge in [-0.25, -0.2) is 0 Å². The van der Waals surface area contributed by atoms with E-state index in [-0.39, 0.29) is 5.84 Å². The Balaban J connectivity index is 2.03. The van der Waals surface area contributed by atoms with Crippen LogP contribution in [0.25, 0.3) is 0 Å². The third-order valence-corrected chi connectivity index (χ3v) is 3.78. The van der Waals surface area contributed by atoms with Gasteiger partial charge in [-0.2, -0.15) is 0 Å². The second kappa shape index (κ2) is 6.04. The summed E-state index contributed by atoms with van der Waals surface area (Å²) in [6, 6.07) is 8.45. The molecule has 1 heterocycles. The molecule has 1 aromatic rings. The first-order chi connectivity index (χ1) is 9.10. The maximum absolute atomic E-state index is 8.71. The number of nitrogens with two attached hydrogens (primary N) is 1. The Morgan fingerprint density at radius 3 is 2.95 bits per heavy atom. The Bertz CT molecular complexity index is 461. The van der Waals surface area contributed by atoms with E-state index in [4.69, 9.17) is 10.9 Å². The largest absolute Gasteiger partial charge is 0.409 e. The monoisotopic (exact) mass is 262 g/mol. The number of nitrogens with zero attached hydrogens (tertiary/aromatic N) is 3. The summed E-state index contributed by atoms with van der Waals surface area (Å²) in [7, 11) is 2.17. The topological polar surface area (TPSA) is 65.1 Å². The van der Waals surface area contributed by atoms with Crippen LogP contribution in [0.3, 0.4) is 0 Å². The molecule has 0 saturated carbocycles. The van der Waals surface area contributed by atoms with Gasteiger partial charge in [-0.1, -0.05) is 23.4 Å². The molecule has 0 aromatic heterocycles. The molecule has 1 aliphatic rings. The van der Waals surface area contributed by atoms with Gasteiger partial charge in [0.1, 0.15) is 0 Å². The van der Waals surface area contributed by atoms with Gasteiger partial charge in [0.05, 0.1) is 0 Å². The second-order valence-corrected chi connectivity index (χ2v) is 5.25. The Hall–Kier alpha value is -1.59. The smallest absolute Gasteiger partial charge is 0.170 e. The Labute approximate surface area is 114 Å². The van der Waals surface area contributed by atoms with E-state index >= 15 is 0 Å². The van der Waals surface area contributed by atoms with Crippen LogP contribution >= 0.6 is 0 Å². The third kappa shape index (κ3) is 3.45. The van der Waals surface area contributed by atoms with Crippen molar-refractivity contribution in [3.8, 4) is 0 Å². The average molecular weight is 262 g/mol. The molecule has 1 atom stereocenters. The minimum absolute atomic E-state index is 0.161. The molecule has 0 spiro atoms. The highest BCUT2D eigenvalue weighted by Gasteiger charge is 2.20. The van der Waals surface area contributed by atoms with E-state index in [9.17, 15) is 0 Å². The number of likely N-dealkylation sites (N-methyl/N-ethyl adjacent to an activating group) is 1. The average Bonchev–Trinajstić information content (AvgIpc) is 2.42. The van der Waals surface area contributed by atoms with Gasteiger partial charge < -0.3 is 15.8 Å². The summed E-state index contributed by atoms with van der Waals surface area (Å²) >= 11 is 0. The van der Waals surface area contributed by atoms with E-state index in [2.05, 4.69) is 35.0 Å². The van der Waals surface area contributed by atoms with Crippen molar-refractivity contribution in [2.75, 3.05) is 26.7 Å². The number of hydrogen-bond acceptors (Lipinski definition) is 4. The second-order valence-electron chi connectivity index (χ2n) is 5.25. The minimum Gasteiger partial charge on any atom is -0.409 e. The van der Waals surface area contributed by atoms with Gasteiger partial charge in [0.15, 0.2) is 5.84 Å². The van der Waals surface area contributed by atoms with Crippen LogP contribution in [0.15, 0.2) is 29.4 Å². The fourth-order valence-electron chi connectivity index (χ4n) is 2.41. The summed E-state index contributed by atoms with van der Waals surface area (Å²) in [5.41, 5.74) is 7.58. The van der Waals surface area contributed by atoms with E-state index in [0.29, 0.717) is 6.04 Å². The van der Waals surface area contributed by atoms with Crippen molar-refractivity contribution in [2.24, 2.45) is 10.9 Å². The molecule has 3 N–H and O–H groups in total. The first-order valence-corrected chi connectivity index (χ1v) is 6.59. The molecule has 0 bridgehead atoms. The predicted molar refractivity (Wildman–Crippen MR) is 76.3 cm³/mol. The van der Waals surface area contributed by atoms with E-state index in [0.717, 1.165) is 31.7 Å². The molecule has 2 rings (SSSR count). The Morgan fingerprint density at radius 1 is 1.47 bits per heavy atom. The van der Waals surface area contributed by atoms with Gasteiger partial charge in [-0.05, 0) is 25.6 Å². The molecular weight excluding hydrogens is 240 g/mol. The highest BCUT2D eigenvalue weighted by atomic mass is 16.4. The van der Waals surface area contributed by atoms with Crippen molar-refractivity contribution >= 4 is 5.84 Å². The molecular formula is C14H22N4O. The molecule has 1 unspecified atom stereocenters. The molecule has 5 heteroatoms. The van der Waals surface area contributed by atoms with Crippen molar-refractivity contribution in [1.29, 1.82) is 0 Å². The number of oxime groups is 1. The van der Waals surface area contributed by atoms with E-state index in [1.165, 1.54) is 5.56 Å². The van der Waals surface area contributed by atoms with Gasteiger partial charge in [-0.3, -0.25) is 4.90 Å². The third-order valence-electron chi connectivity index (χ3n) is 3.78. The molecule has 1 aliphatic heterocycles. The van der Waals surface area contributed by atoms with Crippen LogP contribution in [0.2, 0.25) is 0 Å². The van der Waals surface area contributed by atoms with Crippen LogP contribution in [-0.4, -0.2) is 53.6 Å². The summed E-state index contributed by atoms with van der Waals surface area (Å²) in [6.07, 6.45) is 0. The Morgan fingerprint density at radius 2 is 2.26 bits per heavy atom. The van der Waals surface area contributed by atoms with E-state index < -0.39 is 0 Å². The quantitative estimate of drug-likeness (QED) is 0.368.